The standard InChI is InChI=1S/C19H25N4O.ClHO4/c1-4-10-16(11-5-1)17-20-18(22-12-6-2-7-13-22)21-19(24-17)23-14-8-3-9-15-23;2-1(3,4)5/h1,4-5,10-11H,2-3,6-9,12-15H2;(H,2,3,4,5)/q+1;/p-1. The van der Waals surface area contributed by atoms with E-state index in [0.29, 0.717) is 5.89 Å². The van der Waals surface area contributed by atoms with Crippen LogP contribution in [0.5, 0.6) is 0 Å². The maximum atomic E-state index is 8.49. The van der Waals surface area contributed by atoms with Gasteiger partial charge in [0.05, 0.1) is 13.1 Å². The minimum absolute atomic E-state index is 0.673. The highest BCUT2D eigenvalue weighted by atomic mass is 35.7. The van der Waals surface area contributed by atoms with Gasteiger partial charge in [-0.1, -0.05) is 18.2 Å². The minimum atomic E-state index is -4.94. The molecule has 3 heterocycles. The van der Waals surface area contributed by atoms with Gasteiger partial charge in [-0.2, -0.15) is 4.98 Å². The maximum absolute atomic E-state index is 8.49. The molecule has 0 saturated carbocycles. The van der Waals surface area contributed by atoms with Crippen LogP contribution in [0.3, 0.4) is 0 Å². The Labute approximate surface area is 171 Å². The molecule has 0 amide bonds. The number of hydrogen-bond donors (Lipinski definition) is 0. The first-order chi connectivity index (χ1) is 13.9. The first-order valence-electron chi connectivity index (χ1n) is 9.79. The van der Waals surface area contributed by atoms with Gasteiger partial charge in [0, 0.05) is 23.6 Å². The maximum Gasteiger partial charge on any atom is 0.504 e. The van der Waals surface area contributed by atoms with Crippen LogP contribution in [-0.2, 0) is 0 Å². The van der Waals surface area contributed by atoms with Crippen molar-refractivity contribution in [2.24, 2.45) is 0 Å². The van der Waals surface area contributed by atoms with Crippen LogP contribution in [-0.4, -0.2) is 36.1 Å². The second-order valence-electron chi connectivity index (χ2n) is 7.05. The number of benzene rings is 1. The molecule has 10 heteroatoms. The van der Waals surface area contributed by atoms with E-state index in [1.165, 1.54) is 38.5 Å². The van der Waals surface area contributed by atoms with Gasteiger partial charge >= 0.3 is 11.6 Å². The summed E-state index contributed by atoms with van der Waals surface area (Å²) >= 11 is 0. The predicted molar refractivity (Wildman–Crippen MR) is 94.7 cm³/mol. The Bertz CT molecular complexity index is 834. The van der Waals surface area contributed by atoms with E-state index < -0.39 is 10.2 Å². The topological polar surface area (TPSA) is 137 Å². The van der Waals surface area contributed by atoms with E-state index in [1.54, 1.807) is 0 Å². The Morgan fingerprint density at radius 3 is 2.03 bits per heavy atom. The molecule has 0 radical (unpaired) electrons. The van der Waals surface area contributed by atoms with Crippen LogP contribution in [0.4, 0.5) is 5.95 Å². The van der Waals surface area contributed by atoms with Crippen molar-refractivity contribution >= 4 is 5.95 Å². The van der Waals surface area contributed by atoms with Crippen LogP contribution in [0, 0.1) is 10.2 Å². The second kappa shape index (κ2) is 10.1. The number of piperidine rings is 2. The summed E-state index contributed by atoms with van der Waals surface area (Å²) in [4.78, 5) is 11.8. The zero-order chi connectivity index (χ0) is 20.7. The smallest absolute Gasteiger partial charge is 0.369 e. The summed E-state index contributed by atoms with van der Waals surface area (Å²) in [6.45, 7) is 4.12. The lowest BCUT2D eigenvalue weighted by atomic mass is 10.1. The molecule has 0 unspecified atom stereocenters. The first-order valence-corrected chi connectivity index (χ1v) is 11.0. The van der Waals surface area contributed by atoms with E-state index in [2.05, 4.69) is 9.48 Å². The van der Waals surface area contributed by atoms with E-state index in [1.807, 2.05) is 30.3 Å². The molecule has 2 fully saturated rings. The summed E-state index contributed by atoms with van der Waals surface area (Å²) in [5.74, 6) is 1.49. The number of hydrogen-bond acceptors (Lipinski definition) is 8. The Kier molecular flexibility index (Phi) is 7.57. The number of aromatic nitrogens is 2. The molecule has 2 saturated heterocycles. The van der Waals surface area contributed by atoms with Gasteiger partial charge in [-0.15, -0.1) is 10.2 Å². The quantitative estimate of drug-likeness (QED) is 0.501. The third kappa shape index (κ3) is 7.06. The minimum Gasteiger partial charge on any atom is -0.369 e. The molecule has 0 atom stereocenters. The van der Waals surface area contributed by atoms with Gasteiger partial charge in [-0.05, 0) is 50.7 Å². The summed E-state index contributed by atoms with van der Waals surface area (Å²) in [5.41, 5.74) is 1.74. The molecule has 2 aliphatic heterocycles. The van der Waals surface area contributed by atoms with Gasteiger partial charge in [-0.25, -0.2) is 23.2 Å². The van der Waals surface area contributed by atoms with E-state index in [9.17, 15) is 0 Å². The zero-order valence-corrected chi connectivity index (χ0v) is 16.9. The van der Waals surface area contributed by atoms with Crippen molar-refractivity contribution in [3.05, 3.63) is 36.0 Å². The molecule has 2 aromatic rings. The predicted octanol–water partition coefficient (Wildman–Crippen LogP) is -2.07. The van der Waals surface area contributed by atoms with Gasteiger partial charge < -0.3 is 9.32 Å². The summed E-state index contributed by atoms with van der Waals surface area (Å²) in [6, 6.07) is 10.2. The highest BCUT2D eigenvalue weighted by Gasteiger charge is 2.23. The number of nitrogens with zero attached hydrogens (tertiary/aromatic N) is 4. The third-order valence-electron chi connectivity index (χ3n) is 4.87. The second-order valence-corrected chi connectivity index (χ2v) is 7.81. The molecular formula is C19H25ClN4O5. The van der Waals surface area contributed by atoms with Crippen molar-refractivity contribution in [1.29, 1.82) is 0 Å². The molecule has 158 valence electrons. The largest absolute Gasteiger partial charge is 0.504 e. The molecular weight excluding hydrogens is 400 g/mol. The molecule has 9 nitrogen and oxygen atoms in total. The molecule has 1 aromatic heterocycles. The van der Waals surface area contributed by atoms with Gasteiger partial charge in [0.2, 0.25) is 5.89 Å². The number of rotatable bonds is 2. The summed E-state index contributed by atoms with van der Waals surface area (Å²) in [5, 5.41) is 0. The molecule has 1 aromatic carbocycles. The zero-order valence-electron chi connectivity index (χ0n) is 16.2. The molecule has 0 N–H and O–H groups in total. The number of anilines is 1. The molecule has 0 aliphatic carbocycles. The monoisotopic (exact) mass is 424 g/mol. The van der Waals surface area contributed by atoms with Crippen molar-refractivity contribution in [3.63, 3.8) is 0 Å². The lowest BCUT2D eigenvalue weighted by Gasteiger charge is -2.24. The normalized spacial score (nSPS) is 17.5. The van der Waals surface area contributed by atoms with Crippen molar-refractivity contribution in [2.75, 3.05) is 31.1 Å². The van der Waals surface area contributed by atoms with Gasteiger partial charge in [0.1, 0.15) is 0 Å². The van der Waals surface area contributed by atoms with E-state index >= 15 is 0 Å². The molecule has 29 heavy (non-hydrogen) atoms. The van der Waals surface area contributed by atoms with E-state index in [-0.39, 0.29) is 0 Å². The fourth-order valence-corrected chi connectivity index (χ4v) is 3.49. The third-order valence-corrected chi connectivity index (χ3v) is 4.87. The summed E-state index contributed by atoms with van der Waals surface area (Å²) in [7, 11) is -4.94. The van der Waals surface area contributed by atoms with E-state index in [4.69, 9.17) is 33.0 Å². The van der Waals surface area contributed by atoms with Crippen molar-refractivity contribution < 1.29 is 33.3 Å². The van der Waals surface area contributed by atoms with Crippen molar-refractivity contribution in [2.45, 2.75) is 38.5 Å². The van der Waals surface area contributed by atoms with Crippen LogP contribution in [0.15, 0.2) is 34.7 Å². The highest BCUT2D eigenvalue weighted by molar-refractivity contribution is 5.53. The van der Waals surface area contributed by atoms with Crippen LogP contribution >= 0.6 is 0 Å². The van der Waals surface area contributed by atoms with Gasteiger partial charge in [0.15, 0.2) is 0 Å². The van der Waals surface area contributed by atoms with Crippen LogP contribution < -0.4 is 33.8 Å². The van der Waals surface area contributed by atoms with Crippen LogP contribution in [0.2, 0.25) is 0 Å². The molecule has 0 spiro atoms. The van der Waals surface area contributed by atoms with Gasteiger partial charge in [-0.3, -0.25) is 0 Å². The number of halogens is 1. The Morgan fingerprint density at radius 2 is 1.41 bits per heavy atom. The van der Waals surface area contributed by atoms with Crippen molar-refractivity contribution in [1.82, 2.24) is 14.5 Å². The van der Waals surface area contributed by atoms with E-state index in [0.717, 1.165) is 43.4 Å². The average Bonchev–Trinajstić information content (AvgIpc) is 2.74. The van der Waals surface area contributed by atoms with Crippen LogP contribution in [0.25, 0.3) is 11.5 Å². The Morgan fingerprint density at radius 1 is 0.828 bits per heavy atom. The average molecular weight is 425 g/mol. The molecule has 0 bridgehead atoms. The summed E-state index contributed by atoms with van der Waals surface area (Å²) < 4.78 is 42.4. The Balaban J connectivity index is 0.000000431. The first kappa shape index (κ1) is 21.7. The molecule has 2 aliphatic rings. The lowest BCUT2D eigenvalue weighted by Crippen LogP contribution is -2.68. The fourth-order valence-electron chi connectivity index (χ4n) is 3.49. The van der Waals surface area contributed by atoms with Gasteiger partial charge in [0.25, 0.3) is 0 Å². The highest BCUT2D eigenvalue weighted by Crippen LogP contribution is 2.19. The SMILES string of the molecule is [O-][Cl+3]([O-])([O-])[O-].c1ccc(-c2nc(N3CCCCC3)nc(=[N+]3CCCCC3)o2)cc1. The lowest BCUT2D eigenvalue weighted by molar-refractivity contribution is -2.00. The van der Waals surface area contributed by atoms with Crippen molar-refractivity contribution in [3.8, 4) is 11.5 Å². The fraction of sp³-hybridized carbons (Fsp3) is 0.526. The Hall–Kier alpha value is -2.04. The van der Waals surface area contributed by atoms with Crippen LogP contribution in [0.1, 0.15) is 38.5 Å². The molecule has 4 rings (SSSR count). The summed E-state index contributed by atoms with van der Waals surface area (Å²) in [6.07, 6.45) is 7.45.